The molecular formula is C23H26N4O3. The van der Waals surface area contributed by atoms with Gasteiger partial charge >= 0.3 is 0 Å². The van der Waals surface area contributed by atoms with E-state index in [0.717, 1.165) is 47.9 Å². The number of para-hydroxylation sites is 1. The lowest BCUT2D eigenvalue weighted by Crippen LogP contribution is -2.38. The van der Waals surface area contributed by atoms with E-state index in [9.17, 15) is 9.59 Å². The lowest BCUT2D eigenvalue weighted by Gasteiger charge is -2.13. The van der Waals surface area contributed by atoms with Gasteiger partial charge in [-0.05, 0) is 38.0 Å². The quantitative estimate of drug-likeness (QED) is 0.486. The van der Waals surface area contributed by atoms with Gasteiger partial charge in [-0.15, -0.1) is 0 Å². The molecule has 0 aliphatic carbocycles. The van der Waals surface area contributed by atoms with E-state index in [4.69, 9.17) is 4.42 Å². The molecule has 30 heavy (non-hydrogen) atoms. The average Bonchev–Trinajstić information content (AvgIpc) is 3.36. The van der Waals surface area contributed by atoms with Crippen molar-refractivity contribution < 1.29 is 9.21 Å². The normalized spacial score (nSPS) is 12.5. The van der Waals surface area contributed by atoms with Crippen LogP contribution in [0.1, 0.15) is 32.4 Å². The number of hydrogen-bond acceptors (Lipinski definition) is 4. The summed E-state index contributed by atoms with van der Waals surface area (Å²) in [6.07, 6.45) is 5.74. The zero-order valence-corrected chi connectivity index (χ0v) is 17.3. The smallest absolute Gasteiger partial charge is 0.291 e. The Bertz CT molecular complexity index is 1220. The van der Waals surface area contributed by atoms with Gasteiger partial charge in [-0.1, -0.05) is 25.1 Å². The van der Waals surface area contributed by atoms with E-state index in [1.807, 2.05) is 47.9 Å². The molecule has 7 heteroatoms. The molecule has 1 atom stereocenters. The van der Waals surface area contributed by atoms with Crippen molar-refractivity contribution in [3.63, 3.8) is 0 Å². The lowest BCUT2D eigenvalue weighted by atomic mass is 10.1. The maximum atomic E-state index is 13.2. The van der Waals surface area contributed by atoms with Gasteiger partial charge in [-0.3, -0.25) is 9.59 Å². The summed E-state index contributed by atoms with van der Waals surface area (Å²) in [5.41, 5.74) is 1.38. The summed E-state index contributed by atoms with van der Waals surface area (Å²) in [7, 11) is 0. The van der Waals surface area contributed by atoms with Crippen LogP contribution < -0.4 is 10.9 Å². The number of hydrogen-bond donors (Lipinski definition) is 1. The minimum Gasteiger partial charge on any atom is -0.469 e. The molecule has 3 aromatic heterocycles. The fourth-order valence-corrected chi connectivity index (χ4v) is 3.90. The second-order valence-corrected chi connectivity index (χ2v) is 7.63. The van der Waals surface area contributed by atoms with Gasteiger partial charge in [0, 0.05) is 35.3 Å². The lowest BCUT2D eigenvalue weighted by molar-refractivity contribution is -0.122. The monoisotopic (exact) mass is 406 g/mol. The van der Waals surface area contributed by atoms with Crippen molar-refractivity contribution >= 4 is 27.7 Å². The molecule has 1 amide bonds. The van der Waals surface area contributed by atoms with Crippen LogP contribution in [-0.2, 0) is 24.3 Å². The number of fused-ring (bicyclic) bond motifs is 3. The second kappa shape index (κ2) is 8.57. The summed E-state index contributed by atoms with van der Waals surface area (Å²) in [4.78, 5) is 25.7. The van der Waals surface area contributed by atoms with Crippen LogP contribution in [0.2, 0.25) is 0 Å². The Kier molecular flexibility index (Phi) is 5.70. The molecule has 0 aliphatic rings. The number of aryl methyl sites for hydroxylation is 2. The number of benzene rings is 1. The standard InChI is InChI=1S/C23H26N4O3/c1-3-12-26-20-9-5-4-8-18(20)19-14-24-27(23(29)22(19)26)15-21(28)25-16(2)10-11-17-7-6-13-30-17/h4-9,13-14,16H,3,10-12,15H2,1-2H3,(H,25,28). The Hall–Kier alpha value is -3.35. The molecule has 0 bridgehead atoms. The van der Waals surface area contributed by atoms with Crippen LogP contribution in [0.3, 0.4) is 0 Å². The molecule has 1 aromatic carbocycles. The summed E-state index contributed by atoms with van der Waals surface area (Å²) in [5, 5.41) is 9.06. The van der Waals surface area contributed by atoms with Gasteiger partial charge in [0.1, 0.15) is 17.8 Å². The van der Waals surface area contributed by atoms with E-state index in [0.29, 0.717) is 5.52 Å². The summed E-state index contributed by atoms with van der Waals surface area (Å²) < 4.78 is 8.62. The predicted molar refractivity (Wildman–Crippen MR) is 116 cm³/mol. The van der Waals surface area contributed by atoms with E-state index < -0.39 is 0 Å². The summed E-state index contributed by atoms with van der Waals surface area (Å²) in [5.74, 6) is 0.664. The van der Waals surface area contributed by atoms with E-state index in [1.165, 1.54) is 4.68 Å². The van der Waals surface area contributed by atoms with Crippen molar-refractivity contribution in [1.82, 2.24) is 19.7 Å². The summed E-state index contributed by atoms with van der Waals surface area (Å²) >= 11 is 0. The van der Waals surface area contributed by atoms with Crippen molar-refractivity contribution in [3.8, 4) is 0 Å². The molecule has 0 saturated heterocycles. The van der Waals surface area contributed by atoms with E-state index in [1.54, 1.807) is 12.5 Å². The topological polar surface area (TPSA) is 82.1 Å². The summed E-state index contributed by atoms with van der Waals surface area (Å²) in [6.45, 7) is 4.66. The Balaban J connectivity index is 1.55. The highest BCUT2D eigenvalue weighted by atomic mass is 16.3. The number of aromatic nitrogens is 3. The largest absolute Gasteiger partial charge is 0.469 e. The van der Waals surface area contributed by atoms with Crippen LogP contribution in [0.5, 0.6) is 0 Å². The molecule has 0 radical (unpaired) electrons. The molecule has 4 rings (SSSR count). The first-order chi connectivity index (χ1) is 14.6. The van der Waals surface area contributed by atoms with Gasteiger partial charge in [-0.2, -0.15) is 5.10 Å². The molecular weight excluding hydrogens is 380 g/mol. The zero-order chi connectivity index (χ0) is 21.1. The van der Waals surface area contributed by atoms with Gasteiger partial charge in [0.25, 0.3) is 5.56 Å². The third-order valence-electron chi connectivity index (χ3n) is 5.33. The minimum atomic E-state index is -0.240. The van der Waals surface area contributed by atoms with Gasteiger partial charge in [-0.25, -0.2) is 4.68 Å². The summed E-state index contributed by atoms with van der Waals surface area (Å²) in [6, 6.07) is 11.7. The molecule has 0 aliphatic heterocycles. The van der Waals surface area contributed by atoms with Gasteiger partial charge < -0.3 is 14.3 Å². The molecule has 156 valence electrons. The van der Waals surface area contributed by atoms with Crippen LogP contribution in [0.4, 0.5) is 0 Å². The number of furan rings is 1. The van der Waals surface area contributed by atoms with Gasteiger partial charge in [0.05, 0.1) is 12.5 Å². The Morgan fingerprint density at radius 2 is 2.03 bits per heavy atom. The van der Waals surface area contributed by atoms with Crippen molar-refractivity contribution in [2.24, 2.45) is 0 Å². The highest BCUT2D eigenvalue weighted by molar-refractivity contribution is 6.07. The maximum absolute atomic E-state index is 13.2. The maximum Gasteiger partial charge on any atom is 0.291 e. The average molecular weight is 406 g/mol. The zero-order valence-electron chi connectivity index (χ0n) is 17.3. The number of nitrogens with zero attached hydrogens (tertiary/aromatic N) is 3. The van der Waals surface area contributed by atoms with Crippen molar-refractivity contribution in [2.75, 3.05) is 0 Å². The second-order valence-electron chi connectivity index (χ2n) is 7.63. The first kappa shape index (κ1) is 19.9. The molecule has 0 saturated carbocycles. The van der Waals surface area contributed by atoms with Crippen LogP contribution in [-0.4, -0.2) is 26.3 Å². The molecule has 1 N–H and O–H groups in total. The third-order valence-corrected chi connectivity index (χ3v) is 5.33. The van der Waals surface area contributed by atoms with Crippen molar-refractivity contribution in [2.45, 2.75) is 52.2 Å². The Morgan fingerprint density at radius 1 is 1.20 bits per heavy atom. The molecule has 1 unspecified atom stereocenters. The number of nitrogens with one attached hydrogen (secondary N) is 1. The first-order valence-electron chi connectivity index (χ1n) is 10.4. The number of carbonyl (C=O) groups excluding carboxylic acids is 1. The minimum absolute atomic E-state index is 0.0337. The van der Waals surface area contributed by atoms with Gasteiger partial charge in [0.15, 0.2) is 0 Å². The van der Waals surface area contributed by atoms with Crippen LogP contribution in [0, 0.1) is 0 Å². The molecule has 7 nitrogen and oxygen atoms in total. The SMILES string of the molecule is CCCn1c2ccccc2c2cnn(CC(=O)NC(C)CCc3ccco3)c(=O)c21. The predicted octanol–water partition coefficient (Wildman–Crippen LogP) is 3.49. The van der Waals surface area contributed by atoms with Crippen molar-refractivity contribution in [3.05, 3.63) is 65.0 Å². The van der Waals surface area contributed by atoms with Crippen LogP contribution in [0.25, 0.3) is 21.8 Å². The van der Waals surface area contributed by atoms with Crippen molar-refractivity contribution in [1.29, 1.82) is 0 Å². The fourth-order valence-electron chi connectivity index (χ4n) is 3.90. The number of amides is 1. The molecule has 3 heterocycles. The third kappa shape index (κ3) is 3.87. The first-order valence-corrected chi connectivity index (χ1v) is 10.4. The molecule has 4 aromatic rings. The van der Waals surface area contributed by atoms with Gasteiger partial charge in [0.2, 0.25) is 5.91 Å². The number of rotatable bonds is 8. The fraction of sp³-hybridized carbons (Fsp3) is 0.348. The van der Waals surface area contributed by atoms with E-state index in [2.05, 4.69) is 17.3 Å². The van der Waals surface area contributed by atoms with E-state index >= 15 is 0 Å². The molecule has 0 spiro atoms. The highest BCUT2D eigenvalue weighted by Crippen LogP contribution is 2.26. The molecule has 0 fully saturated rings. The number of carbonyl (C=O) groups is 1. The highest BCUT2D eigenvalue weighted by Gasteiger charge is 2.17. The Morgan fingerprint density at radius 3 is 2.80 bits per heavy atom. The Labute approximate surface area is 174 Å². The van der Waals surface area contributed by atoms with Crippen LogP contribution >= 0.6 is 0 Å². The van der Waals surface area contributed by atoms with Crippen LogP contribution in [0.15, 0.2) is 58.1 Å². The van der Waals surface area contributed by atoms with E-state index in [-0.39, 0.29) is 24.1 Å².